The van der Waals surface area contributed by atoms with Crippen LogP contribution in [-0.4, -0.2) is 49.5 Å². The Balaban J connectivity index is 1.38. The summed E-state index contributed by atoms with van der Waals surface area (Å²) in [5.74, 6) is 0. The van der Waals surface area contributed by atoms with Crippen LogP contribution < -0.4 is 0 Å². The van der Waals surface area contributed by atoms with Crippen molar-refractivity contribution in [2.24, 2.45) is 0 Å². The quantitative estimate of drug-likeness (QED) is 0.862. The summed E-state index contributed by atoms with van der Waals surface area (Å²) in [5.41, 5.74) is 1.33. The lowest BCUT2D eigenvalue weighted by Crippen LogP contribution is -2.32. The van der Waals surface area contributed by atoms with Crippen molar-refractivity contribution in [3.8, 4) is 0 Å². The van der Waals surface area contributed by atoms with Crippen molar-refractivity contribution in [2.45, 2.75) is 44.5 Å². The molecule has 22 heavy (non-hydrogen) atoms. The highest BCUT2D eigenvalue weighted by Gasteiger charge is 2.45. The fraction of sp³-hybridized carbons (Fsp3) is 0.625. The molecule has 2 fully saturated rings. The Morgan fingerprint density at radius 2 is 2.41 bits per heavy atom. The lowest BCUT2D eigenvalue weighted by atomic mass is 9.97. The second-order valence-electron chi connectivity index (χ2n) is 6.53. The van der Waals surface area contributed by atoms with Crippen LogP contribution in [0.5, 0.6) is 0 Å². The highest BCUT2D eigenvalue weighted by molar-refractivity contribution is 5.06. The third-order valence-electron chi connectivity index (χ3n) is 4.95. The van der Waals surface area contributed by atoms with Gasteiger partial charge in [0, 0.05) is 56.8 Å². The number of ether oxygens (including phenoxy) is 1. The molecule has 2 saturated heterocycles. The van der Waals surface area contributed by atoms with Crippen molar-refractivity contribution < 1.29 is 4.74 Å². The lowest BCUT2D eigenvalue weighted by Gasteiger charge is -2.23. The number of nitrogens with zero attached hydrogens (tertiary/aromatic N) is 5. The molecule has 2 aromatic rings. The van der Waals surface area contributed by atoms with Gasteiger partial charge in [-0.1, -0.05) is 0 Å². The first kappa shape index (κ1) is 14.0. The number of imidazole rings is 1. The molecule has 0 N–H and O–H groups in total. The standard InChI is InChI=1S/C16H23N5O/c1-2-21-10-14(8-18-21)9-19-5-3-16(12-19)7-15(11-22-16)20-6-4-17-13-20/h4,6,8,10,13,15H,2-3,5,7,9,11-12H2,1H3. The Kier molecular flexibility index (Phi) is 3.50. The van der Waals surface area contributed by atoms with Gasteiger partial charge >= 0.3 is 0 Å². The number of hydrogen-bond donors (Lipinski definition) is 0. The summed E-state index contributed by atoms with van der Waals surface area (Å²) in [4.78, 5) is 6.64. The maximum atomic E-state index is 6.22. The fourth-order valence-electron chi connectivity index (χ4n) is 3.76. The molecule has 0 aromatic carbocycles. The van der Waals surface area contributed by atoms with Crippen LogP contribution in [0, 0.1) is 0 Å². The van der Waals surface area contributed by atoms with Gasteiger partial charge < -0.3 is 9.30 Å². The van der Waals surface area contributed by atoms with Gasteiger partial charge in [-0.2, -0.15) is 5.10 Å². The summed E-state index contributed by atoms with van der Waals surface area (Å²) in [6, 6.07) is 0.435. The maximum Gasteiger partial charge on any atom is 0.0949 e. The second kappa shape index (κ2) is 5.52. The van der Waals surface area contributed by atoms with E-state index in [1.165, 1.54) is 5.56 Å². The molecule has 4 heterocycles. The average molecular weight is 301 g/mol. The third-order valence-corrected chi connectivity index (χ3v) is 4.95. The van der Waals surface area contributed by atoms with E-state index in [9.17, 15) is 0 Å². The minimum absolute atomic E-state index is 0.0374. The van der Waals surface area contributed by atoms with E-state index < -0.39 is 0 Å². The minimum atomic E-state index is 0.0374. The van der Waals surface area contributed by atoms with Crippen molar-refractivity contribution in [3.05, 3.63) is 36.7 Å². The monoisotopic (exact) mass is 301 g/mol. The summed E-state index contributed by atoms with van der Waals surface area (Å²) in [7, 11) is 0. The molecular weight excluding hydrogens is 278 g/mol. The van der Waals surface area contributed by atoms with E-state index in [0.717, 1.165) is 45.6 Å². The van der Waals surface area contributed by atoms with Crippen molar-refractivity contribution in [3.63, 3.8) is 0 Å². The minimum Gasteiger partial charge on any atom is -0.371 e. The van der Waals surface area contributed by atoms with Crippen molar-refractivity contribution in [1.29, 1.82) is 0 Å². The molecule has 2 atom stereocenters. The van der Waals surface area contributed by atoms with Gasteiger partial charge in [0.15, 0.2) is 0 Å². The van der Waals surface area contributed by atoms with Gasteiger partial charge in [0.25, 0.3) is 0 Å². The van der Waals surface area contributed by atoms with E-state index in [2.05, 4.69) is 32.7 Å². The van der Waals surface area contributed by atoms with Crippen LogP contribution in [0.15, 0.2) is 31.1 Å². The molecule has 0 saturated carbocycles. The van der Waals surface area contributed by atoms with Crippen LogP contribution in [0.2, 0.25) is 0 Å². The van der Waals surface area contributed by atoms with Crippen LogP contribution in [0.1, 0.15) is 31.4 Å². The zero-order valence-corrected chi connectivity index (χ0v) is 13.1. The predicted octanol–water partition coefficient (Wildman–Crippen LogP) is 1.71. The Hall–Kier alpha value is -1.66. The van der Waals surface area contributed by atoms with Crippen LogP contribution >= 0.6 is 0 Å². The molecule has 6 heteroatoms. The van der Waals surface area contributed by atoms with Crippen LogP contribution in [0.4, 0.5) is 0 Å². The first-order valence-corrected chi connectivity index (χ1v) is 8.11. The molecule has 6 nitrogen and oxygen atoms in total. The van der Waals surface area contributed by atoms with Gasteiger partial charge in [-0.05, 0) is 13.3 Å². The SMILES string of the molecule is CCn1cc(CN2CCC3(CC(n4ccnc4)CO3)C2)cn1. The van der Waals surface area contributed by atoms with Crippen LogP contribution in [0.25, 0.3) is 0 Å². The molecule has 1 spiro atoms. The zero-order valence-electron chi connectivity index (χ0n) is 13.1. The number of aromatic nitrogens is 4. The first-order chi connectivity index (χ1) is 10.8. The van der Waals surface area contributed by atoms with Crippen LogP contribution in [-0.2, 0) is 17.8 Å². The van der Waals surface area contributed by atoms with Crippen molar-refractivity contribution in [1.82, 2.24) is 24.2 Å². The normalized spacial score (nSPS) is 28.9. The summed E-state index contributed by atoms with van der Waals surface area (Å²) < 4.78 is 10.4. The van der Waals surface area contributed by atoms with Gasteiger partial charge in [0.1, 0.15) is 0 Å². The smallest absolute Gasteiger partial charge is 0.0949 e. The maximum absolute atomic E-state index is 6.22. The summed E-state index contributed by atoms with van der Waals surface area (Å²) in [6.07, 6.45) is 12.1. The molecule has 2 aromatic heterocycles. The van der Waals surface area contributed by atoms with Gasteiger partial charge in [0.05, 0.1) is 30.8 Å². The Labute approximate surface area is 130 Å². The topological polar surface area (TPSA) is 48.1 Å². The highest BCUT2D eigenvalue weighted by Crippen LogP contribution is 2.40. The van der Waals surface area contributed by atoms with E-state index in [1.54, 1.807) is 0 Å². The van der Waals surface area contributed by atoms with Crippen molar-refractivity contribution >= 4 is 0 Å². The number of hydrogen-bond acceptors (Lipinski definition) is 4. The molecule has 2 aliphatic rings. The Morgan fingerprint density at radius 3 is 3.18 bits per heavy atom. The van der Waals surface area contributed by atoms with E-state index in [4.69, 9.17) is 4.74 Å². The number of rotatable bonds is 4. The van der Waals surface area contributed by atoms with Gasteiger partial charge in [0.2, 0.25) is 0 Å². The van der Waals surface area contributed by atoms with E-state index in [1.807, 2.05) is 29.6 Å². The van der Waals surface area contributed by atoms with Gasteiger partial charge in [-0.15, -0.1) is 0 Å². The summed E-state index contributed by atoms with van der Waals surface area (Å²) >= 11 is 0. The fourth-order valence-corrected chi connectivity index (χ4v) is 3.76. The lowest BCUT2D eigenvalue weighted by molar-refractivity contribution is 0.0112. The number of likely N-dealkylation sites (tertiary alicyclic amines) is 1. The average Bonchev–Trinajstić information content (AvgIpc) is 3.29. The highest BCUT2D eigenvalue weighted by atomic mass is 16.5. The molecule has 118 valence electrons. The summed E-state index contributed by atoms with van der Waals surface area (Å²) in [6.45, 7) is 6.95. The van der Waals surface area contributed by atoms with Crippen molar-refractivity contribution in [2.75, 3.05) is 19.7 Å². The molecule has 4 rings (SSSR count). The molecule has 2 aliphatic heterocycles. The predicted molar refractivity (Wildman–Crippen MR) is 82.4 cm³/mol. The zero-order chi connectivity index (χ0) is 15.0. The third kappa shape index (κ3) is 2.57. The molecular formula is C16H23N5O. The Bertz CT molecular complexity index is 622. The molecule has 0 aliphatic carbocycles. The second-order valence-corrected chi connectivity index (χ2v) is 6.53. The molecule has 0 bridgehead atoms. The molecule has 2 unspecified atom stereocenters. The summed E-state index contributed by atoms with van der Waals surface area (Å²) in [5, 5.41) is 4.36. The Morgan fingerprint density at radius 1 is 1.45 bits per heavy atom. The first-order valence-electron chi connectivity index (χ1n) is 8.11. The van der Waals surface area contributed by atoms with E-state index in [0.29, 0.717) is 6.04 Å². The van der Waals surface area contributed by atoms with E-state index >= 15 is 0 Å². The molecule has 0 radical (unpaired) electrons. The largest absolute Gasteiger partial charge is 0.371 e. The van der Waals surface area contributed by atoms with Crippen LogP contribution in [0.3, 0.4) is 0 Å². The van der Waals surface area contributed by atoms with E-state index in [-0.39, 0.29) is 5.60 Å². The van der Waals surface area contributed by atoms with Gasteiger partial charge in [-0.3, -0.25) is 9.58 Å². The van der Waals surface area contributed by atoms with Gasteiger partial charge in [-0.25, -0.2) is 4.98 Å². The number of aryl methyl sites for hydroxylation is 1. The molecule has 0 amide bonds.